The molecule has 3 heteroatoms. The minimum atomic E-state index is -1.19. The van der Waals surface area contributed by atoms with Crippen molar-refractivity contribution in [2.24, 2.45) is 5.92 Å². The van der Waals surface area contributed by atoms with E-state index in [1.807, 2.05) is 6.92 Å². The monoisotopic (exact) mass is 456 g/mol. The van der Waals surface area contributed by atoms with Crippen LogP contribution < -0.4 is 5.11 Å². The SMILES string of the molecule is CCCCCCCC[P+](CCCCCCCC)(CCCCCCCC)CC(C)C(=O)[O-]. The smallest absolute Gasteiger partial charge is 0.0672 e. The summed E-state index contributed by atoms with van der Waals surface area (Å²) in [6, 6.07) is 0. The standard InChI is InChI=1S/C28H57O2P/c1-5-8-11-14-17-20-23-31(26-27(4)28(29)30,24-21-18-15-12-9-6-2)25-22-19-16-13-10-7-3/h27H,5-26H2,1-4H3. The zero-order chi connectivity index (χ0) is 23.2. The van der Waals surface area contributed by atoms with Gasteiger partial charge in [-0.25, -0.2) is 0 Å². The van der Waals surface area contributed by atoms with E-state index in [0.717, 1.165) is 6.16 Å². The average Bonchev–Trinajstić information content (AvgIpc) is 2.75. The quantitative estimate of drug-likeness (QED) is 0.108. The molecule has 0 aromatic rings. The molecule has 0 aromatic carbocycles. The molecule has 186 valence electrons. The van der Waals surface area contributed by atoms with Crippen LogP contribution in [0.1, 0.15) is 143 Å². The number of aliphatic carboxylic acids is 1. The van der Waals surface area contributed by atoms with Crippen LogP contribution in [-0.4, -0.2) is 30.6 Å². The summed E-state index contributed by atoms with van der Waals surface area (Å²) in [4.78, 5) is 11.6. The Balaban J connectivity index is 4.86. The number of carbonyl (C=O) groups excluding carboxylic acids is 1. The molecule has 0 fully saturated rings. The third-order valence-electron chi connectivity index (χ3n) is 7.02. The van der Waals surface area contributed by atoms with Crippen LogP contribution in [0.2, 0.25) is 0 Å². The Morgan fingerprint density at radius 2 is 0.871 bits per heavy atom. The maximum Gasteiger partial charge on any atom is 0.0672 e. The summed E-state index contributed by atoms with van der Waals surface area (Å²) in [6.07, 6.45) is 29.1. The van der Waals surface area contributed by atoms with Gasteiger partial charge in [-0.05, 0) is 38.5 Å². The van der Waals surface area contributed by atoms with E-state index in [4.69, 9.17) is 0 Å². The lowest BCUT2D eigenvalue weighted by atomic mass is 10.1. The second kappa shape index (κ2) is 21.7. The van der Waals surface area contributed by atoms with Crippen LogP contribution in [0.15, 0.2) is 0 Å². The first-order valence-corrected chi connectivity index (χ1v) is 16.6. The van der Waals surface area contributed by atoms with Crippen molar-refractivity contribution in [1.29, 1.82) is 0 Å². The molecule has 0 heterocycles. The molecule has 0 rings (SSSR count). The van der Waals surface area contributed by atoms with Crippen molar-refractivity contribution in [2.45, 2.75) is 143 Å². The lowest BCUT2D eigenvalue weighted by Crippen LogP contribution is -2.33. The van der Waals surface area contributed by atoms with Crippen molar-refractivity contribution in [3.8, 4) is 0 Å². The molecule has 1 unspecified atom stereocenters. The minimum Gasteiger partial charge on any atom is -0.550 e. The van der Waals surface area contributed by atoms with E-state index >= 15 is 0 Å². The molecule has 31 heavy (non-hydrogen) atoms. The van der Waals surface area contributed by atoms with Gasteiger partial charge < -0.3 is 9.90 Å². The molecular formula is C28H57O2P. The molecule has 0 radical (unpaired) electrons. The van der Waals surface area contributed by atoms with Crippen molar-refractivity contribution in [3.63, 3.8) is 0 Å². The first-order valence-electron chi connectivity index (χ1n) is 14.1. The first kappa shape index (κ1) is 30.9. The zero-order valence-electron chi connectivity index (χ0n) is 21.9. The van der Waals surface area contributed by atoms with Crippen molar-refractivity contribution in [1.82, 2.24) is 0 Å². The van der Waals surface area contributed by atoms with E-state index in [2.05, 4.69) is 20.8 Å². The fraction of sp³-hybridized carbons (Fsp3) is 0.964. The Hall–Kier alpha value is -0.100. The van der Waals surface area contributed by atoms with Gasteiger partial charge in [-0.1, -0.05) is 105 Å². The molecule has 0 saturated heterocycles. The summed E-state index contributed by atoms with van der Waals surface area (Å²) in [6.45, 7) is 8.74. The number of hydrogen-bond donors (Lipinski definition) is 0. The number of unbranched alkanes of at least 4 members (excludes halogenated alkanes) is 15. The Morgan fingerprint density at radius 1 is 0.581 bits per heavy atom. The van der Waals surface area contributed by atoms with Gasteiger partial charge in [0, 0.05) is 19.1 Å². The van der Waals surface area contributed by atoms with Gasteiger partial charge in [0.15, 0.2) is 0 Å². The van der Waals surface area contributed by atoms with Crippen molar-refractivity contribution >= 4 is 13.2 Å². The third kappa shape index (κ3) is 18.1. The predicted octanol–water partition coefficient (Wildman–Crippen LogP) is 8.47. The van der Waals surface area contributed by atoms with Crippen LogP contribution in [0.4, 0.5) is 0 Å². The van der Waals surface area contributed by atoms with Crippen LogP contribution >= 0.6 is 7.26 Å². The molecule has 0 saturated carbocycles. The Kier molecular flexibility index (Phi) is 21.7. The van der Waals surface area contributed by atoms with Gasteiger partial charge in [-0.2, -0.15) is 0 Å². The highest BCUT2D eigenvalue weighted by atomic mass is 31.2. The van der Waals surface area contributed by atoms with Crippen LogP contribution in [-0.2, 0) is 4.79 Å². The highest BCUT2D eigenvalue weighted by molar-refractivity contribution is 7.75. The molecule has 0 amide bonds. The predicted molar refractivity (Wildman–Crippen MR) is 141 cm³/mol. The molecule has 0 N–H and O–H groups in total. The highest BCUT2D eigenvalue weighted by Gasteiger charge is 2.37. The van der Waals surface area contributed by atoms with E-state index in [-0.39, 0.29) is 5.92 Å². The van der Waals surface area contributed by atoms with Gasteiger partial charge in [0.2, 0.25) is 0 Å². The van der Waals surface area contributed by atoms with Crippen molar-refractivity contribution in [3.05, 3.63) is 0 Å². The molecule has 0 aromatic heterocycles. The maximum absolute atomic E-state index is 11.6. The summed E-state index contributed by atoms with van der Waals surface area (Å²) in [5.74, 6) is -1.09. The normalized spacial score (nSPS) is 12.9. The Labute approximate surface area is 197 Å². The fourth-order valence-corrected chi connectivity index (χ4v) is 10.2. The molecule has 0 bridgehead atoms. The van der Waals surface area contributed by atoms with Crippen molar-refractivity contribution in [2.75, 3.05) is 24.6 Å². The van der Waals surface area contributed by atoms with Crippen LogP contribution in [0, 0.1) is 5.92 Å². The average molecular weight is 457 g/mol. The Morgan fingerprint density at radius 3 is 1.16 bits per heavy atom. The molecule has 0 aliphatic heterocycles. The fourth-order valence-electron chi connectivity index (χ4n) is 4.95. The molecule has 0 aliphatic rings. The number of rotatable bonds is 24. The second-order valence-electron chi connectivity index (χ2n) is 10.2. The van der Waals surface area contributed by atoms with E-state index in [0.29, 0.717) is 0 Å². The summed E-state index contributed by atoms with van der Waals surface area (Å²) in [7, 11) is -1.19. The van der Waals surface area contributed by atoms with E-state index < -0.39 is 13.2 Å². The third-order valence-corrected chi connectivity index (χ3v) is 12.1. The molecule has 2 nitrogen and oxygen atoms in total. The number of carboxylic acid groups (broad SMARTS) is 1. The van der Waals surface area contributed by atoms with E-state index in [1.165, 1.54) is 134 Å². The lowest BCUT2D eigenvalue weighted by Gasteiger charge is -2.31. The molecule has 0 spiro atoms. The van der Waals surface area contributed by atoms with Crippen LogP contribution in [0.3, 0.4) is 0 Å². The van der Waals surface area contributed by atoms with Crippen molar-refractivity contribution < 1.29 is 9.90 Å². The molecule has 1 atom stereocenters. The number of carboxylic acids is 1. The molecule has 0 aliphatic carbocycles. The minimum absolute atomic E-state index is 0.270. The number of carbonyl (C=O) groups is 1. The van der Waals surface area contributed by atoms with Gasteiger partial charge >= 0.3 is 0 Å². The topological polar surface area (TPSA) is 40.1 Å². The number of hydrogen-bond acceptors (Lipinski definition) is 2. The summed E-state index contributed by atoms with van der Waals surface area (Å²) in [5.41, 5.74) is 0. The van der Waals surface area contributed by atoms with Crippen LogP contribution in [0.5, 0.6) is 0 Å². The van der Waals surface area contributed by atoms with Gasteiger partial charge in [0.25, 0.3) is 0 Å². The van der Waals surface area contributed by atoms with Gasteiger partial charge in [0.1, 0.15) is 0 Å². The maximum atomic E-state index is 11.6. The van der Waals surface area contributed by atoms with Gasteiger partial charge in [0.05, 0.1) is 24.6 Å². The summed E-state index contributed by atoms with van der Waals surface area (Å²) >= 11 is 0. The van der Waals surface area contributed by atoms with Gasteiger partial charge in [-0.15, -0.1) is 0 Å². The second-order valence-corrected chi connectivity index (χ2v) is 14.6. The first-order chi connectivity index (χ1) is 15.0. The lowest BCUT2D eigenvalue weighted by molar-refractivity contribution is -0.310. The molecular weight excluding hydrogens is 399 g/mol. The summed E-state index contributed by atoms with van der Waals surface area (Å²) < 4.78 is 0. The highest BCUT2D eigenvalue weighted by Crippen LogP contribution is 2.62. The van der Waals surface area contributed by atoms with E-state index in [1.54, 1.807) is 0 Å². The van der Waals surface area contributed by atoms with Crippen LogP contribution in [0.25, 0.3) is 0 Å². The van der Waals surface area contributed by atoms with Gasteiger partial charge in [-0.3, -0.25) is 0 Å². The Bertz CT molecular complexity index is 356. The van der Waals surface area contributed by atoms with E-state index in [9.17, 15) is 9.90 Å². The zero-order valence-corrected chi connectivity index (χ0v) is 22.8. The summed E-state index contributed by atoms with van der Waals surface area (Å²) in [5, 5.41) is 11.6. The largest absolute Gasteiger partial charge is 0.550 e.